The van der Waals surface area contributed by atoms with Gasteiger partial charge in [0.15, 0.2) is 5.15 Å². The molecule has 0 saturated carbocycles. The monoisotopic (exact) mass is 359 g/mol. The van der Waals surface area contributed by atoms with Gasteiger partial charge in [0.2, 0.25) is 0 Å². The van der Waals surface area contributed by atoms with E-state index in [4.69, 9.17) is 16.9 Å². The average molecular weight is 361 g/mol. The highest BCUT2D eigenvalue weighted by Crippen LogP contribution is 2.32. The van der Waals surface area contributed by atoms with Crippen molar-refractivity contribution < 1.29 is 4.39 Å². The Bertz CT molecular complexity index is 653. The summed E-state index contributed by atoms with van der Waals surface area (Å²) < 4.78 is 17.7. The van der Waals surface area contributed by atoms with Crippen molar-refractivity contribution in [2.24, 2.45) is 0 Å². The van der Waals surface area contributed by atoms with Gasteiger partial charge < -0.3 is 4.90 Å². The molecule has 7 heteroatoms. The van der Waals surface area contributed by atoms with Gasteiger partial charge in [-0.3, -0.25) is 0 Å². The van der Waals surface area contributed by atoms with E-state index in [0.29, 0.717) is 21.6 Å². The molecule has 0 atom stereocenters. The van der Waals surface area contributed by atoms with Crippen LogP contribution in [0.3, 0.4) is 0 Å². The molecule has 0 radical (unpaired) electrons. The minimum atomic E-state index is -0.295. The van der Waals surface area contributed by atoms with Crippen LogP contribution in [0, 0.1) is 17.1 Å². The second-order valence-electron chi connectivity index (χ2n) is 3.86. The first kappa shape index (κ1) is 14.3. The van der Waals surface area contributed by atoms with Gasteiger partial charge >= 0.3 is 0 Å². The summed E-state index contributed by atoms with van der Waals surface area (Å²) in [6.45, 7) is 0.522. The Morgan fingerprint density at radius 3 is 2.95 bits per heavy atom. The van der Waals surface area contributed by atoms with E-state index in [9.17, 15) is 4.39 Å². The van der Waals surface area contributed by atoms with Crippen LogP contribution in [0.4, 0.5) is 9.39 Å². The number of nitriles is 1. The van der Waals surface area contributed by atoms with E-state index < -0.39 is 0 Å². The van der Waals surface area contributed by atoms with E-state index in [0.717, 1.165) is 5.56 Å². The second kappa shape index (κ2) is 5.87. The van der Waals surface area contributed by atoms with Crippen molar-refractivity contribution in [2.75, 3.05) is 11.9 Å². The lowest BCUT2D eigenvalue weighted by atomic mass is 10.2. The quantitative estimate of drug-likeness (QED) is 0.823. The molecule has 0 aliphatic rings. The number of anilines is 1. The highest BCUT2D eigenvalue weighted by Gasteiger charge is 2.16. The number of hydrogen-bond donors (Lipinski definition) is 0. The van der Waals surface area contributed by atoms with E-state index in [1.807, 2.05) is 18.0 Å². The molecule has 0 fully saturated rings. The summed E-state index contributed by atoms with van der Waals surface area (Å²) >= 11 is 10.3. The largest absolute Gasteiger partial charge is 0.360 e. The maximum absolute atomic E-state index is 13.0. The molecule has 0 spiro atoms. The zero-order valence-electron chi connectivity index (χ0n) is 9.82. The van der Waals surface area contributed by atoms with Crippen molar-refractivity contribution in [1.82, 2.24) is 4.37 Å². The minimum absolute atomic E-state index is 0.215. The average Bonchev–Trinajstić information content (AvgIpc) is 2.74. The van der Waals surface area contributed by atoms with Crippen molar-refractivity contribution in [3.63, 3.8) is 0 Å². The fraction of sp³-hybridized carbons (Fsp3) is 0.167. The molecule has 1 heterocycles. The highest BCUT2D eigenvalue weighted by atomic mass is 79.9. The van der Waals surface area contributed by atoms with Crippen LogP contribution in [0.5, 0.6) is 0 Å². The summed E-state index contributed by atoms with van der Waals surface area (Å²) in [6, 6.07) is 6.55. The van der Waals surface area contributed by atoms with Crippen LogP contribution in [0.2, 0.25) is 5.15 Å². The van der Waals surface area contributed by atoms with Crippen LogP contribution in [-0.4, -0.2) is 11.4 Å². The summed E-state index contributed by atoms with van der Waals surface area (Å²) in [7, 11) is 1.83. The summed E-state index contributed by atoms with van der Waals surface area (Å²) in [5.41, 5.74) is 1.28. The van der Waals surface area contributed by atoms with Gasteiger partial charge in [0.1, 0.15) is 22.5 Å². The van der Waals surface area contributed by atoms with Gasteiger partial charge in [-0.15, -0.1) is 0 Å². The summed E-state index contributed by atoms with van der Waals surface area (Å²) in [5, 5.41) is 9.95. The first-order chi connectivity index (χ1) is 9.02. The van der Waals surface area contributed by atoms with E-state index in [2.05, 4.69) is 20.3 Å². The molecule has 1 aromatic heterocycles. The van der Waals surface area contributed by atoms with Crippen molar-refractivity contribution in [3.05, 3.63) is 44.8 Å². The Morgan fingerprint density at radius 1 is 1.58 bits per heavy atom. The number of hydrogen-bond acceptors (Lipinski definition) is 4. The van der Waals surface area contributed by atoms with Crippen molar-refractivity contribution >= 4 is 44.1 Å². The van der Waals surface area contributed by atoms with Gasteiger partial charge in [-0.2, -0.15) is 9.64 Å². The Kier molecular flexibility index (Phi) is 4.40. The Morgan fingerprint density at radius 2 is 2.32 bits per heavy atom. The Hall–Kier alpha value is -1.16. The standard InChI is InChI=1S/C12H8BrClFN3S/c1-18(12-9(5-16)11(14)17-19-12)6-7-2-3-8(15)4-10(7)13/h2-4H,6H2,1H3. The van der Waals surface area contributed by atoms with E-state index in [1.54, 1.807) is 6.07 Å². The smallest absolute Gasteiger partial charge is 0.162 e. The predicted molar refractivity (Wildman–Crippen MR) is 78.0 cm³/mol. The summed E-state index contributed by atoms with van der Waals surface area (Å²) in [5.74, 6) is -0.295. The molecule has 1 aromatic carbocycles. The maximum Gasteiger partial charge on any atom is 0.162 e. The molecule has 19 heavy (non-hydrogen) atoms. The van der Waals surface area contributed by atoms with Gasteiger partial charge in [0.25, 0.3) is 0 Å². The van der Waals surface area contributed by atoms with Crippen LogP contribution in [0.25, 0.3) is 0 Å². The van der Waals surface area contributed by atoms with Crippen molar-refractivity contribution in [1.29, 1.82) is 5.26 Å². The van der Waals surface area contributed by atoms with Crippen molar-refractivity contribution in [2.45, 2.75) is 6.54 Å². The van der Waals surface area contributed by atoms with Gasteiger partial charge in [0.05, 0.1) is 0 Å². The third-order valence-corrected chi connectivity index (χ3v) is 4.59. The highest BCUT2D eigenvalue weighted by molar-refractivity contribution is 9.10. The molecule has 2 rings (SSSR count). The molecule has 2 aromatic rings. The number of aromatic nitrogens is 1. The fourth-order valence-corrected chi connectivity index (χ4v) is 3.06. The number of halogens is 3. The number of benzene rings is 1. The topological polar surface area (TPSA) is 39.9 Å². The fourth-order valence-electron chi connectivity index (χ4n) is 1.59. The zero-order chi connectivity index (χ0) is 14.0. The van der Waals surface area contributed by atoms with Crippen LogP contribution in [0.1, 0.15) is 11.1 Å². The Labute approximate surface area is 127 Å². The molecule has 0 saturated heterocycles. The van der Waals surface area contributed by atoms with Crippen LogP contribution in [-0.2, 0) is 6.54 Å². The van der Waals surface area contributed by atoms with Crippen molar-refractivity contribution in [3.8, 4) is 6.07 Å². The molecule has 0 unspecified atom stereocenters. The molecular formula is C12H8BrClFN3S. The SMILES string of the molecule is CN(Cc1ccc(F)cc1Br)c1snc(Cl)c1C#N. The van der Waals surface area contributed by atoms with Crippen LogP contribution < -0.4 is 4.90 Å². The Balaban J connectivity index is 2.26. The van der Waals surface area contributed by atoms with Gasteiger partial charge in [-0.1, -0.05) is 33.6 Å². The summed E-state index contributed by atoms with van der Waals surface area (Å²) in [4.78, 5) is 1.86. The van der Waals surface area contributed by atoms with E-state index in [1.165, 1.54) is 23.7 Å². The molecule has 0 bridgehead atoms. The van der Waals surface area contributed by atoms with Crippen LogP contribution in [0.15, 0.2) is 22.7 Å². The third-order valence-electron chi connectivity index (χ3n) is 2.51. The molecule has 98 valence electrons. The van der Waals surface area contributed by atoms with E-state index in [-0.39, 0.29) is 11.0 Å². The summed E-state index contributed by atoms with van der Waals surface area (Å²) in [6.07, 6.45) is 0. The van der Waals surface area contributed by atoms with Crippen LogP contribution >= 0.6 is 39.1 Å². The molecule has 0 aliphatic carbocycles. The van der Waals surface area contributed by atoms with Gasteiger partial charge in [0, 0.05) is 18.1 Å². The first-order valence-electron chi connectivity index (χ1n) is 5.23. The molecule has 0 amide bonds. The number of rotatable bonds is 3. The minimum Gasteiger partial charge on any atom is -0.360 e. The lowest BCUT2D eigenvalue weighted by Crippen LogP contribution is -2.16. The molecular weight excluding hydrogens is 353 g/mol. The number of nitrogens with zero attached hydrogens (tertiary/aromatic N) is 3. The molecule has 0 aliphatic heterocycles. The lowest BCUT2D eigenvalue weighted by Gasteiger charge is -2.18. The lowest BCUT2D eigenvalue weighted by molar-refractivity contribution is 0.626. The molecule has 3 nitrogen and oxygen atoms in total. The second-order valence-corrected chi connectivity index (χ2v) is 5.82. The normalized spacial score (nSPS) is 10.3. The molecule has 0 N–H and O–H groups in total. The van der Waals surface area contributed by atoms with E-state index >= 15 is 0 Å². The van der Waals surface area contributed by atoms with Gasteiger partial charge in [-0.25, -0.2) is 4.39 Å². The zero-order valence-corrected chi connectivity index (χ0v) is 13.0. The third kappa shape index (κ3) is 3.06. The maximum atomic E-state index is 13.0. The predicted octanol–water partition coefficient (Wildman–Crippen LogP) is 4.21. The first-order valence-corrected chi connectivity index (χ1v) is 7.17. The van der Waals surface area contributed by atoms with Gasteiger partial charge in [-0.05, 0) is 29.2 Å².